The number of fused-ring (bicyclic) bond motifs is 1. The van der Waals surface area contributed by atoms with Crippen molar-refractivity contribution < 1.29 is 9.53 Å². The lowest BCUT2D eigenvalue weighted by atomic mass is 10.1. The number of nitrogens with zero attached hydrogens (tertiary/aromatic N) is 1. The van der Waals surface area contributed by atoms with Crippen LogP contribution in [0.1, 0.15) is 13.8 Å². The fraction of sp³-hybridized carbons (Fsp3) is 0.200. The summed E-state index contributed by atoms with van der Waals surface area (Å²) in [4.78, 5) is 18.0. The first-order chi connectivity index (χ1) is 16.7. The highest BCUT2D eigenvalue weighted by atomic mass is 35.5. The average Bonchev–Trinajstić information content (AvgIpc) is 2.83. The van der Waals surface area contributed by atoms with E-state index in [4.69, 9.17) is 27.1 Å². The molecule has 8 nitrogen and oxygen atoms in total. The molecule has 35 heavy (non-hydrogen) atoms. The third-order valence-corrected chi connectivity index (χ3v) is 6.30. The minimum atomic E-state index is -0.973. The number of nitrogens with one attached hydrogen (secondary N) is 4. The first-order valence-corrected chi connectivity index (χ1v) is 12.1. The maximum atomic E-state index is 12.2. The van der Waals surface area contributed by atoms with Crippen LogP contribution in [0.15, 0.2) is 76.6 Å². The van der Waals surface area contributed by atoms with Crippen LogP contribution in [-0.4, -0.2) is 30.6 Å². The molecular weight excluding hydrogens is 484 g/mol. The Hall–Kier alpha value is -3.24. The summed E-state index contributed by atoms with van der Waals surface area (Å²) in [6, 6.07) is 20.7. The lowest BCUT2D eigenvalue weighted by Crippen LogP contribution is -2.45. The van der Waals surface area contributed by atoms with Gasteiger partial charge in [0, 0.05) is 16.6 Å². The van der Waals surface area contributed by atoms with Gasteiger partial charge in [0.15, 0.2) is 0 Å². The van der Waals surface area contributed by atoms with Crippen molar-refractivity contribution in [3.8, 4) is 5.75 Å². The largest absolute Gasteiger partial charge is 0.497 e. The minimum absolute atomic E-state index is 0.257. The number of hydrogen-bond acceptors (Lipinski definition) is 8. The molecule has 1 amide bonds. The highest BCUT2D eigenvalue weighted by Crippen LogP contribution is 2.32. The van der Waals surface area contributed by atoms with Crippen molar-refractivity contribution in [3.05, 3.63) is 71.8 Å². The minimum Gasteiger partial charge on any atom is -0.497 e. The van der Waals surface area contributed by atoms with Crippen molar-refractivity contribution in [3.63, 3.8) is 0 Å². The van der Waals surface area contributed by atoms with Gasteiger partial charge in [0.1, 0.15) is 17.8 Å². The van der Waals surface area contributed by atoms with E-state index < -0.39 is 5.54 Å². The molecule has 0 saturated carbocycles. The number of amidine groups is 1. The molecule has 1 aliphatic heterocycles. The highest BCUT2D eigenvalue weighted by Gasteiger charge is 2.24. The third kappa shape index (κ3) is 6.26. The van der Waals surface area contributed by atoms with Gasteiger partial charge in [-0.05, 0) is 68.3 Å². The van der Waals surface area contributed by atoms with Gasteiger partial charge in [-0.15, -0.1) is 0 Å². The Morgan fingerprint density at radius 3 is 2.71 bits per heavy atom. The molecule has 1 unspecified atom stereocenters. The van der Waals surface area contributed by atoms with Crippen LogP contribution < -0.4 is 31.1 Å². The second-order valence-electron chi connectivity index (χ2n) is 8.49. The molecule has 0 radical (unpaired) electrons. The second-order valence-corrected chi connectivity index (χ2v) is 9.80. The molecule has 182 valence electrons. The van der Waals surface area contributed by atoms with E-state index in [1.54, 1.807) is 33.1 Å². The number of amides is 1. The summed E-state index contributed by atoms with van der Waals surface area (Å²) < 4.78 is 8.74. The number of halogens is 1. The predicted molar refractivity (Wildman–Crippen MR) is 145 cm³/mol. The molecule has 3 aromatic carbocycles. The summed E-state index contributed by atoms with van der Waals surface area (Å²) in [7, 11) is 1.61. The predicted octanol–water partition coefficient (Wildman–Crippen LogP) is 5.22. The van der Waals surface area contributed by atoms with Gasteiger partial charge < -0.3 is 26.4 Å². The molecule has 1 aliphatic rings. The molecule has 0 spiro atoms. The molecule has 1 heterocycles. The third-order valence-electron chi connectivity index (χ3n) is 5.13. The van der Waals surface area contributed by atoms with Gasteiger partial charge in [0.25, 0.3) is 0 Å². The Kier molecular flexibility index (Phi) is 7.51. The Balaban J connectivity index is 1.53. The first kappa shape index (κ1) is 24.9. The monoisotopic (exact) mass is 510 g/mol. The van der Waals surface area contributed by atoms with Crippen molar-refractivity contribution in [1.82, 2.24) is 4.72 Å². The summed E-state index contributed by atoms with van der Waals surface area (Å²) in [5.74, 6) is 1.06. The number of hydrogen-bond donors (Lipinski definition) is 5. The van der Waals surface area contributed by atoms with E-state index in [1.807, 2.05) is 54.6 Å². The zero-order chi connectivity index (χ0) is 25.0. The molecule has 0 aromatic heterocycles. The van der Waals surface area contributed by atoms with E-state index in [0.717, 1.165) is 16.3 Å². The zero-order valence-electron chi connectivity index (χ0n) is 19.6. The summed E-state index contributed by atoms with van der Waals surface area (Å²) in [6.45, 7) is 3.33. The Morgan fingerprint density at radius 2 is 1.94 bits per heavy atom. The van der Waals surface area contributed by atoms with E-state index >= 15 is 0 Å². The number of carbonyl (C=O) groups excluding carboxylic acids is 1. The number of ether oxygens (including phenoxy) is 1. The number of anilines is 3. The fourth-order valence-electron chi connectivity index (χ4n) is 3.22. The zero-order valence-corrected chi connectivity index (χ0v) is 21.1. The molecule has 0 bridgehead atoms. The van der Waals surface area contributed by atoms with Crippen molar-refractivity contribution in [2.24, 2.45) is 10.7 Å². The first-order valence-electron chi connectivity index (χ1n) is 10.9. The van der Waals surface area contributed by atoms with Crippen LogP contribution in [0.3, 0.4) is 0 Å². The van der Waals surface area contributed by atoms with Gasteiger partial charge in [0.2, 0.25) is 5.91 Å². The van der Waals surface area contributed by atoms with E-state index in [2.05, 4.69) is 20.7 Å². The molecular formula is C25H27ClN6O2S. The van der Waals surface area contributed by atoms with E-state index in [0.29, 0.717) is 28.0 Å². The quantitative estimate of drug-likeness (QED) is 0.277. The smallest absolute Gasteiger partial charge is 0.243 e. The summed E-state index contributed by atoms with van der Waals surface area (Å²) in [5.41, 5.74) is 7.97. The van der Waals surface area contributed by atoms with Crippen molar-refractivity contribution in [2.75, 3.05) is 23.1 Å². The average molecular weight is 511 g/mol. The molecule has 10 heteroatoms. The van der Waals surface area contributed by atoms with Gasteiger partial charge >= 0.3 is 0 Å². The van der Waals surface area contributed by atoms with Crippen molar-refractivity contribution in [1.29, 1.82) is 0 Å². The van der Waals surface area contributed by atoms with Gasteiger partial charge in [-0.2, -0.15) is 0 Å². The van der Waals surface area contributed by atoms with Crippen LogP contribution in [0.5, 0.6) is 5.75 Å². The molecule has 1 atom stereocenters. The van der Waals surface area contributed by atoms with E-state index in [9.17, 15) is 4.79 Å². The molecule has 0 fully saturated rings. The Bertz CT molecular complexity index is 1260. The molecule has 0 aliphatic carbocycles. The normalized spacial score (nSPS) is 14.9. The standard InChI is InChI=1S/C25H27ClN6O2S/c1-25(2,27)24(33)28-15-7-6-8-17(13-15)35-32-23-22(29-19-9-4-5-10-20(19)30-23)31-21-14-16(34-3)11-12-18(21)26/h4-14,23,30,32H,27H2,1-3H3,(H,28,33)(H,29,31). The van der Waals surface area contributed by atoms with E-state index in [-0.39, 0.29) is 12.1 Å². The highest BCUT2D eigenvalue weighted by molar-refractivity contribution is 7.97. The maximum Gasteiger partial charge on any atom is 0.243 e. The van der Waals surface area contributed by atoms with Crippen LogP contribution in [0.25, 0.3) is 0 Å². The maximum absolute atomic E-state index is 12.2. The number of aliphatic imine (C=N–C) groups is 1. The SMILES string of the molecule is COc1ccc(Cl)c(NC2=Nc3ccccc3NC2NSc2cccc(NC(=O)C(C)(C)N)c2)c1. The number of para-hydroxylation sites is 2. The van der Waals surface area contributed by atoms with Crippen molar-refractivity contribution >= 4 is 58.0 Å². The van der Waals surface area contributed by atoms with E-state index in [1.165, 1.54) is 11.9 Å². The van der Waals surface area contributed by atoms with Gasteiger partial charge in [0.05, 0.1) is 34.7 Å². The Labute approximate surface area is 213 Å². The summed E-state index contributed by atoms with van der Waals surface area (Å²) >= 11 is 7.82. The van der Waals surface area contributed by atoms with Gasteiger partial charge in [-0.1, -0.05) is 29.8 Å². The lowest BCUT2D eigenvalue weighted by Gasteiger charge is -2.28. The van der Waals surface area contributed by atoms with Crippen LogP contribution in [-0.2, 0) is 4.79 Å². The van der Waals surface area contributed by atoms with Crippen LogP contribution in [0.2, 0.25) is 5.02 Å². The second kappa shape index (κ2) is 10.6. The topological polar surface area (TPSA) is 113 Å². The van der Waals surface area contributed by atoms with Crippen molar-refractivity contribution in [2.45, 2.75) is 30.4 Å². The molecule has 0 saturated heterocycles. The lowest BCUT2D eigenvalue weighted by molar-refractivity contribution is -0.120. The number of methoxy groups -OCH3 is 1. The molecule has 3 aromatic rings. The number of carbonyl (C=O) groups is 1. The van der Waals surface area contributed by atoms with Crippen LogP contribution in [0, 0.1) is 0 Å². The fourth-order valence-corrected chi connectivity index (χ4v) is 4.14. The van der Waals surface area contributed by atoms with Crippen LogP contribution in [0.4, 0.5) is 22.7 Å². The van der Waals surface area contributed by atoms with Crippen LogP contribution >= 0.6 is 23.5 Å². The molecule has 4 rings (SSSR count). The molecule has 6 N–H and O–H groups in total. The number of benzene rings is 3. The Morgan fingerprint density at radius 1 is 1.14 bits per heavy atom. The van der Waals surface area contributed by atoms with Gasteiger partial charge in [-0.25, -0.2) is 9.71 Å². The van der Waals surface area contributed by atoms with Gasteiger partial charge in [-0.3, -0.25) is 4.79 Å². The number of nitrogens with two attached hydrogens (primary N) is 1. The summed E-state index contributed by atoms with van der Waals surface area (Å²) in [5, 5.41) is 10.2. The number of rotatable bonds is 7. The summed E-state index contributed by atoms with van der Waals surface area (Å²) in [6.07, 6.45) is -0.363.